The number of amides is 1. The van der Waals surface area contributed by atoms with Crippen LogP contribution in [0.15, 0.2) is 42.0 Å². The molecule has 2 aromatic heterocycles. The van der Waals surface area contributed by atoms with E-state index in [0.29, 0.717) is 11.6 Å². The molecule has 7 nitrogen and oxygen atoms in total. The highest BCUT2D eigenvalue weighted by Gasteiger charge is 2.23. The van der Waals surface area contributed by atoms with Crippen molar-refractivity contribution in [2.75, 3.05) is 11.9 Å². The van der Waals surface area contributed by atoms with Crippen molar-refractivity contribution < 1.29 is 9.53 Å². The van der Waals surface area contributed by atoms with E-state index in [1.807, 2.05) is 30.3 Å². The number of anilines is 1. The first-order valence-electron chi connectivity index (χ1n) is 7.65. The lowest BCUT2D eigenvalue weighted by Gasteiger charge is -2.06. The van der Waals surface area contributed by atoms with Gasteiger partial charge in [-0.2, -0.15) is 0 Å². The Morgan fingerprint density at radius 1 is 1.33 bits per heavy atom. The summed E-state index contributed by atoms with van der Waals surface area (Å²) in [6.45, 7) is 0.756. The van der Waals surface area contributed by atoms with E-state index in [9.17, 15) is 4.79 Å². The zero-order chi connectivity index (χ0) is 16.4. The van der Waals surface area contributed by atoms with Gasteiger partial charge in [0.1, 0.15) is 23.1 Å². The van der Waals surface area contributed by atoms with Crippen molar-refractivity contribution in [3.8, 4) is 5.69 Å². The lowest BCUT2D eigenvalue weighted by Crippen LogP contribution is -2.16. The van der Waals surface area contributed by atoms with Crippen LogP contribution in [0, 0.1) is 0 Å². The molecule has 4 rings (SSSR count). The highest BCUT2D eigenvalue weighted by atomic mass is 32.1. The van der Waals surface area contributed by atoms with Gasteiger partial charge >= 0.3 is 0 Å². The first kappa shape index (κ1) is 15.0. The summed E-state index contributed by atoms with van der Waals surface area (Å²) in [4.78, 5) is 16.8. The Bertz CT molecular complexity index is 839. The standard InChI is InChI=1S/C16H15N5O2S/c22-14(12-9-24-15(18-12)13-7-4-8-23-13)19-16-20-17-10-21(16)11-5-2-1-3-6-11/h1-3,5-6,9-10,13H,4,7-8H2,(H,19,20,22)/t13-/m0/s1. The number of carbonyl (C=O) groups excluding carboxylic acids is 1. The number of para-hydroxylation sites is 1. The van der Waals surface area contributed by atoms with Crippen LogP contribution in [0.1, 0.15) is 34.4 Å². The minimum Gasteiger partial charge on any atom is -0.371 e. The number of carbonyl (C=O) groups is 1. The second kappa shape index (κ2) is 6.50. The summed E-state index contributed by atoms with van der Waals surface area (Å²) in [7, 11) is 0. The summed E-state index contributed by atoms with van der Waals surface area (Å²) in [5, 5.41) is 13.2. The third-order valence-electron chi connectivity index (χ3n) is 3.77. The van der Waals surface area contributed by atoms with Crippen LogP contribution in [-0.2, 0) is 4.74 Å². The van der Waals surface area contributed by atoms with Crippen LogP contribution in [0.3, 0.4) is 0 Å². The number of thiazole rings is 1. The van der Waals surface area contributed by atoms with Crippen LogP contribution in [0.25, 0.3) is 5.69 Å². The average Bonchev–Trinajstić information content (AvgIpc) is 3.36. The molecule has 1 aliphatic rings. The maximum atomic E-state index is 12.4. The van der Waals surface area contributed by atoms with E-state index in [4.69, 9.17) is 4.74 Å². The number of ether oxygens (including phenoxy) is 1. The van der Waals surface area contributed by atoms with Gasteiger partial charge in [-0.25, -0.2) is 4.98 Å². The molecule has 1 aliphatic heterocycles. The number of hydrogen-bond donors (Lipinski definition) is 1. The van der Waals surface area contributed by atoms with Gasteiger partial charge in [0.25, 0.3) is 5.91 Å². The molecule has 0 bridgehead atoms. The summed E-state index contributed by atoms with van der Waals surface area (Å²) in [6, 6.07) is 9.58. The number of nitrogens with zero attached hydrogens (tertiary/aromatic N) is 4. The molecule has 122 valence electrons. The molecule has 1 amide bonds. The van der Waals surface area contributed by atoms with Gasteiger partial charge in [-0.1, -0.05) is 18.2 Å². The Hall–Kier alpha value is -2.58. The molecule has 1 atom stereocenters. The number of benzene rings is 1. The monoisotopic (exact) mass is 341 g/mol. The van der Waals surface area contributed by atoms with Gasteiger partial charge in [0.15, 0.2) is 0 Å². The smallest absolute Gasteiger partial charge is 0.277 e. The third-order valence-corrected chi connectivity index (χ3v) is 4.70. The van der Waals surface area contributed by atoms with Gasteiger partial charge in [0, 0.05) is 12.0 Å². The first-order valence-corrected chi connectivity index (χ1v) is 8.53. The van der Waals surface area contributed by atoms with E-state index >= 15 is 0 Å². The van der Waals surface area contributed by atoms with E-state index in [0.717, 1.165) is 30.1 Å². The molecule has 0 spiro atoms. The van der Waals surface area contributed by atoms with Crippen molar-refractivity contribution in [1.29, 1.82) is 0 Å². The molecule has 0 radical (unpaired) electrons. The summed E-state index contributed by atoms with van der Waals surface area (Å²) < 4.78 is 7.32. The van der Waals surface area contributed by atoms with E-state index in [2.05, 4.69) is 20.5 Å². The van der Waals surface area contributed by atoms with Gasteiger partial charge in [0.2, 0.25) is 5.95 Å². The van der Waals surface area contributed by atoms with Crippen molar-refractivity contribution in [2.45, 2.75) is 18.9 Å². The summed E-state index contributed by atoms with van der Waals surface area (Å²) in [5.74, 6) is 0.0542. The van der Waals surface area contributed by atoms with Crippen LogP contribution in [-0.4, -0.2) is 32.3 Å². The fourth-order valence-corrected chi connectivity index (χ4v) is 3.46. The highest BCUT2D eigenvalue weighted by Crippen LogP contribution is 2.30. The Morgan fingerprint density at radius 2 is 2.21 bits per heavy atom. The van der Waals surface area contributed by atoms with Crippen molar-refractivity contribution in [3.05, 3.63) is 52.7 Å². The number of nitrogens with one attached hydrogen (secondary N) is 1. The zero-order valence-corrected chi connectivity index (χ0v) is 13.6. The molecular formula is C16H15N5O2S. The van der Waals surface area contributed by atoms with Gasteiger partial charge in [-0.15, -0.1) is 21.5 Å². The Kier molecular flexibility index (Phi) is 4.06. The Balaban J connectivity index is 1.52. The zero-order valence-electron chi connectivity index (χ0n) is 12.8. The topological polar surface area (TPSA) is 81.9 Å². The lowest BCUT2D eigenvalue weighted by molar-refractivity contribution is 0.101. The van der Waals surface area contributed by atoms with Crippen LogP contribution in [0.5, 0.6) is 0 Å². The number of hydrogen-bond acceptors (Lipinski definition) is 6. The minimum absolute atomic E-state index is 0.0181. The predicted molar refractivity (Wildman–Crippen MR) is 89.4 cm³/mol. The average molecular weight is 341 g/mol. The van der Waals surface area contributed by atoms with E-state index in [1.54, 1.807) is 16.3 Å². The molecular weight excluding hydrogens is 326 g/mol. The second-order valence-electron chi connectivity index (χ2n) is 5.39. The molecule has 0 saturated carbocycles. The minimum atomic E-state index is -0.305. The molecule has 1 fully saturated rings. The molecule has 0 aliphatic carbocycles. The largest absolute Gasteiger partial charge is 0.371 e. The maximum absolute atomic E-state index is 12.4. The van der Waals surface area contributed by atoms with Gasteiger partial charge in [0.05, 0.1) is 5.69 Å². The summed E-state index contributed by atoms with van der Waals surface area (Å²) >= 11 is 1.45. The quantitative estimate of drug-likeness (QED) is 0.789. The van der Waals surface area contributed by atoms with Crippen molar-refractivity contribution in [1.82, 2.24) is 19.7 Å². The van der Waals surface area contributed by atoms with E-state index < -0.39 is 0 Å². The van der Waals surface area contributed by atoms with E-state index in [1.165, 1.54) is 11.3 Å². The Labute approximate surface area is 142 Å². The fraction of sp³-hybridized carbons (Fsp3) is 0.250. The van der Waals surface area contributed by atoms with Crippen molar-refractivity contribution >= 4 is 23.2 Å². The number of aromatic nitrogens is 4. The van der Waals surface area contributed by atoms with Crippen LogP contribution < -0.4 is 5.32 Å². The third kappa shape index (κ3) is 2.93. The molecule has 1 aromatic carbocycles. The second-order valence-corrected chi connectivity index (χ2v) is 6.28. The van der Waals surface area contributed by atoms with Crippen molar-refractivity contribution in [3.63, 3.8) is 0 Å². The molecule has 3 aromatic rings. The molecule has 0 unspecified atom stereocenters. The number of rotatable bonds is 4. The predicted octanol–water partition coefficient (Wildman–Crippen LogP) is 2.83. The van der Waals surface area contributed by atoms with Gasteiger partial charge < -0.3 is 4.74 Å². The van der Waals surface area contributed by atoms with Crippen LogP contribution in [0.4, 0.5) is 5.95 Å². The van der Waals surface area contributed by atoms with Crippen LogP contribution >= 0.6 is 11.3 Å². The lowest BCUT2D eigenvalue weighted by atomic mass is 10.2. The Morgan fingerprint density at radius 3 is 3.00 bits per heavy atom. The summed E-state index contributed by atoms with van der Waals surface area (Å²) in [5.41, 5.74) is 1.24. The van der Waals surface area contributed by atoms with Gasteiger partial charge in [-0.05, 0) is 25.0 Å². The van der Waals surface area contributed by atoms with E-state index in [-0.39, 0.29) is 12.0 Å². The normalized spacial score (nSPS) is 17.1. The first-order chi connectivity index (χ1) is 11.8. The summed E-state index contributed by atoms with van der Waals surface area (Å²) in [6.07, 6.45) is 3.57. The maximum Gasteiger partial charge on any atom is 0.277 e. The molecule has 1 saturated heterocycles. The fourth-order valence-electron chi connectivity index (χ4n) is 2.58. The van der Waals surface area contributed by atoms with Gasteiger partial charge in [-0.3, -0.25) is 14.7 Å². The molecule has 1 N–H and O–H groups in total. The SMILES string of the molecule is O=C(Nc1nncn1-c1ccccc1)c1csc([C@@H]2CCCO2)n1. The molecule has 24 heavy (non-hydrogen) atoms. The van der Waals surface area contributed by atoms with Crippen molar-refractivity contribution in [2.24, 2.45) is 0 Å². The molecule has 3 heterocycles. The molecule has 8 heteroatoms. The van der Waals surface area contributed by atoms with Crippen LogP contribution in [0.2, 0.25) is 0 Å². The highest BCUT2D eigenvalue weighted by molar-refractivity contribution is 7.09.